The average Bonchev–Trinajstić information content (AvgIpc) is 2.90. The minimum Gasteiger partial charge on any atom is -0.381 e. The number of carbonyl (C=O) groups is 1. The first-order valence-corrected chi connectivity index (χ1v) is 7.84. The molecule has 2 N–H and O–H groups in total. The quantitative estimate of drug-likeness (QED) is 0.864. The first-order valence-electron chi connectivity index (χ1n) is 7.04. The molecule has 1 amide bonds. The van der Waals surface area contributed by atoms with Crippen LogP contribution >= 0.6 is 28.3 Å². The van der Waals surface area contributed by atoms with Gasteiger partial charge in [0, 0.05) is 36.5 Å². The number of carbonyl (C=O) groups excluding carboxylic acids is 1. The SMILES string of the molecule is Cl.NCC1(C(=O)N2CCc3ccc(Br)cc32)CCOCC1. The highest BCUT2D eigenvalue weighted by Crippen LogP contribution is 2.37. The molecular weight excluding hydrogens is 356 g/mol. The van der Waals surface area contributed by atoms with Crippen molar-refractivity contribution >= 4 is 39.9 Å². The van der Waals surface area contributed by atoms with Gasteiger partial charge in [0.25, 0.3) is 0 Å². The van der Waals surface area contributed by atoms with E-state index in [2.05, 4.69) is 22.0 Å². The molecule has 0 radical (unpaired) electrons. The number of halogens is 2. The molecule has 1 aromatic rings. The van der Waals surface area contributed by atoms with Crippen molar-refractivity contribution in [3.8, 4) is 0 Å². The van der Waals surface area contributed by atoms with Crippen LogP contribution in [-0.4, -0.2) is 32.2 Å². The predicted octanol–water partition coefficient (Wildman–Crippen LogP) is 2.52. The summed E-state index contributed by atoms with van der Waals surface area (Å²) >= 11 is 3.49. The molecule has 0 aromatic heterocycles. The van der Waals surface area contributed by atoms with E-state index in [1.807, 2.05) is 17.0 Å². The molecule has 6 heteroatoms. The molecule has 1 fully saturated rings. The van der Waals surface area contributed by atoms with Gasteiger partial charge in [0.1, 0.15) is 0 Å². The Morgan fingerprint density at radius 1 is 1.38 bits per heavy atom. The Balaban J connectivity index is 0.00000161. The molecule has 2 aliphatic heterocycles. The summed E-state index contributed by atoms with van der Waals surface area (Å²) < 4.78 is 6.40. The Labute approximate surface area is 139 Å². The molecule has 0 aliphatic carbocycles. The van der Waals surface area contributed by atoms with Gasteiger partial charge in [-0.1, -0.05) is 22.0 Å². The summed E-state index contributed by atoms with van der Waals surface area (Å²) in [6, 6.07) is 6.15. The third-order valence-corrected chi connectivity index (χ3v) is 4.98. The van der Waals surface area contributed by atoms with E-state index >= 15 is 0 Å². The Kier molecular flexibility index (Phi) is 5.30. The van der Waals surface area contributed by atoms with Crippen molar-refractivity contribution in [1.29, 1.82) is 0 Å². The van der Waals surface area contributed by atoms with E-state index in [1.54, 1.807) is 0 Å². The van der Waals surface area contributed by atoms with Crippen LogP contribution in [0, 0.1) is 5.41 Å². The Bertz CT molecular complexity index is 532. The third-order valence-electron chi connectivity index (χ3n) is 4.48. The minimum atomic E-state index is -0.442. The minimum absolute atomic E-state index is 0. The van der Waals surface area contributed by atoms with Gasteiger partial charge in [-0.15, -0.1) is 12.4 Å². The highest BCUT2D eigenvalue weighted by atomic mass is 79.9. The lowest BCUT2D eigenvalue weighted by molar-refractivity contribution is -0.132. The second kappa shape index (κ2) is 6.65. The first kappa shape index (κ1) is 16.7. The van der Waals surface area contributed by atoms with Crippen LogP contribution in [0.2, 0.25) is 0 Å². The summed E-state index contributed by atoms with van der Waals surface area (Å²) in [5.74, 6) is 0.167. The second-order valence-corrected chi connectivity index (χ2v) is 6.49. The van der Waals surface area contributed by atoms with Gasteiger partial charge in [-0.25, -0.2) is 0 Å². The largest absolute Gasteiger partial charge is 0.381 e. The first-order chi connectivity index (χ1) is 9.66. The molecule has 0 spiro atoms. The molecule has 4 nitrogen and oxygen atoms in total. The maximum atomic E-state index is 13.0. The van der Waals surface area contributed by atoms with Crippen molar-refractivity contribution < 1.29 is 9.53 Å². The van der Waals surface area contributed by atoms with Crippen molar-refractivity contribution in [2.75, 3.05) is 31.2 Å². The molecule has 3 rings (SSSR count). The zero-order chi connectivity index (χ0) is 14.2. The van der Waals surface area contributed by atoms with E-state index in [0.29, 0.717) is 19.8 Å². The molecule has 1 saturated heterocycles. The number of amides is 1. The molecule has 1 aromatic carbocycles. The van der Waals surface area contributed by atoms with Crippen LogP contribution in [0.15, 0.2) is 22.7 Å². The maximum Gasteiger partial charge on any atom is 0.234 e. The molecule has 0 bridgehead atoms. The molecule has 0 unspecified atom stereocenters. The molecule has 21 heavy (non-hydrogen) atoms. The van der Waals surface area contributed by atoms with Crippen molar-refractivity contribution in [3.63, 3.8) is 0 Å². The Hall–Kier alpha value is -0.620. The van der Waals surface area contributed by atoms with Gasteiger partial charge in [0.2, 0.25) is 5.91 Å². The summed E-state index contributed by atoms with van der Waals surface area (Å²) in [4.78, 5) is 14.9. The standard InChI is InChI=1S/C15H19BrN2O2.ClH/c16-12-2-1-11-3-6-18(13(11)9-12)14(19)15(10-17)4-7-20-8-5-15;/h1-2,9H,3-8,10,17H2;1H. The van der Waals surface area contributed by atoms with Gasteiger partial charge >= 0.3 is 0 Å². The number of benzene rings is 1. The molecule has 2 heterocycles. The average molecular weight is 376 g/mol. The summed E-state index contributed by atoms with van der Waals surface area (Å²) in [5, 5.41) is 0. The molecule has 116 valence electrons. The molecule has 0 atom stereocenters. The zero-order valence-electron chi connectivity index (χ0n) is 11.8. The fourth-order valence-electron chi connectivity index (χ4n) is 3.12. The summed E-state index contributed by atoms with van der Waals surface area (Å²) in [7, 11) is 0. The van der Waals surface area contributed by atoms with Crippen molar-refractivity contribution in [3.05, 3.63) is 28.2 Å². The van der Waals surface area contributed by atoms with E-state index in [4.69, 9.17) is 10.5 Å². The van der Waals surface area contributed by atoms with Gasteiger partial charge in [-0.2, -0.15) is 0 Å². The van der Waals surface area contributed by atoms with Crippen LogP contribution in [0.4, 0.5) is 5.69 Å². The predicted molar refractivity (Wildman–Crippen MR) is 89.0 cm³/mol. The molecule has 0 saturated carbocycles. The van der Waals surface area contributed by atoms with Crippen LogP contribution in [0.3, 0.4) is 0 Å². The fraction of sp³-hybridized carbons (Fsp3) is 0.533. The number of anilines is 1. The number of fused-ring (bicyclic) bond motifs is 1. The van der Waals surface area contributed by atoms with Crippen LogP contribution < -0.4 is 10.6 Å². The normalized spacial score (nSPS) is 19.8. The van der Waals surface area contributed by atoms with Crippen molar-refractivity contribution in [2.24, 2.45) is 11.1 Å². The third kappa shape index (κ3) is 2.97. The Morgan fingerprint density at radius 3 is 2.76 bits per heavy atom. The van der Waals surface area contributed by atoms with Crippen molar-refractivity contribution in [1.82, 2.24) is 0 Å². The van der Waals surface area contributed by atoms with E-state index in [0.717, 1.165) is 36.0 Å². The maximum absolute atomic E-state index is 13.0. The summed E-state index contributed by atoms with van der Waals surface area (Å²) in [6.07, 6.45) is 2.37. The number of ether oxygens (including phenoxy) is 1. The molecular formula is C15H20BrClN2O2. The number of hydrogen-bond donors (Lipinski definition) is 1. The van der Waals surface area contributed by atoms with Crippen molar-refractivity contribution in [2.45, 2.75) is 19.3 Å². The van der Waals surface area contributed by atoms with Gasteiger partial charge in [0.15, 0.2) is 0 Å². The fourth-order valence-corrected chi connectivity index (χ4v) is 3.47. The number of nitrogens with two attached hydrogens (primary N) is 1. The van der Waals surface area contributed by atoms with E-state index < -0.39 is 5.41 Å². The Morgan fingerprint density at radius 2 is 2.10 bits per heavy atom. The second-order valence-electron chi connectivity index (χ2n) is 5.58. The van der Waals surface area contributed by atoms with Gasteiger partial charge in [0.05, 0.1) is 5.41 Å². The number of rotatable bonds is 2. The summed E-state index contributed by atoms with van der Waals surface area (Å²) in [5.41, 5.74) is 7.77. The lowest BCUT2D eigenvalue weighted by Gasteiger charge is -2.37. The van der Waals surface area contributed by atoms with Gasteiger partial charge in [-0.3, -0.25) is 4.79 Å². The topological polar surface area (TPSA) is 55.6 Å². The van der Waals surface area contributed by atoms with E-state index in [9.17, 15) is 4.79 Å². The van der Waals surface area contributed by atoms with E-state index in [1.165, 1.54) is 5.56 Å². The highest BCUT2D eigenvalue weighted by Gasteiger charge is 2.43. The van der Waals surface area contributed by atoms with Crippen LogP contribution in [0.5, 0.6) is 0 Å². The van der Waals surface area contributed by atoms with Crippen LogP contribution in [0.1, 0.15) is 18.4 Å². The number of nitrogens with zero attached hydrogens (tertiary/aromatic N) is 1. The van der Waals surface area contributed by atoms with Crippen LogP contribution in [-0.2, 0) is 16.0 Å². The lowest BCUT2D eigenvalue weighted by atomic mass is 9.79. The summed E-state index contributed by atoms with van der Waals surface area (Å²) in [6.45, 7) is 2.41. The lowest BCUT2D eigenvalue weighted by Crippen LogP contribution is -2.50. The van der Waals surface area contributed by atoms with Crippen LogP contribution in [0.25, 0.3) is 0 Å². The monoisotopic (exact) mass is 374 g/mol. The zero-order valence-corrected chi connectivity index (χ0v) is 14.2. The van der Waals surface area contributed by atoms with E-state index in [-0.39, 0.29) is 18.3 Å². The number of hydrogen-bond acceptors (Lipinski definition) is 3. The highest BCUT2D eigenvalue weighted by molar-refractivity contribution is 9.10. The smallest absolute Gasteiger partial charge is 0.234 e. The van der Waals surface area contributed by atoms with Gasteiger partial charge < -0.3 is 15.4 Å². The molecule has 2 aliphatic rings. The van der Waals surface area contributed by atoms with Gasteiger partial charge in [-0.05, 0) is 37.0 Å².